The molecule has 0 fully saturated rings. The first-order valence-corrected chi connectivity index (χ1v) is 4.12. The van der Waals surface area contributed by atoms with Crippen LogP contribution in [0.4, 0.5) is 13.2 Å². The maximum absolute atomic E-state index is 11.9. The molecule has 0 saturated carbocycles. The summed E-state index contributed by atoms with van der Waals surface area (Å²) in [4.78, 5) is 10.4. The lowest BCUT2D eigenvalue weighted by molar-refractivity contribution is -0.142. The number of aromatic nitrogens is 2. The van der Waals surface area contributed by atoms with Gasteiger partial charge >= 0.3 is 12.1 Å². The van der Waals surface area contributed by atoms with E-state index in [4.69, 9.17) is 5.11 Å². The topological polar surface area (TPSA) is 55.1 Å². The van der Waals surface area contributed by atoms with E-state index in [-0.39, 0.29) is 4.47 Å². The van der Waals surface area contributed by atoms with Crippen molar-refractivity contribution >= 4 is 21.9 Å². The largest absolute Gasteiger partial charge is 0.476 e. The summed E-state index contributed by atoms with van der Waals surface area (Å²) in [5, 5.41) is 11.7. The molecule has 8 heteroatoms. The smallest absolute Gasteiger partial charge is 0.408 e. The Hall–Kier alpha value is -1.05. The van der Waals surface area contributed by atoms with Gasteiger partial charge < -0.3 is 5.11 Å². The molecular formula is C6H4BrF3N2O2. The van der Waals surface area contributed by atoms with Gasteiger partial charge in [-0.2, -0.15) is 18.3 Å². The number of hydrogen-bond acceptors (Lipinski definition) is 2. The third kappa shape index (κ3) is 2.72. The Labute approximate surface area is 84.5 Å². The van der Waals surface area contributed by atoms with E-state index in [0.717, 1.165) is 6.20 Å². The average Bonchev–Trinajstić information content (AvgIpc) is 2.26. The molecule has 0 saturated heterocycles. The van der Waals surface area contributed by atoms with Crippen molar-refractivity contribution in [3.8, 4) is 0 Å². The van der Waals surface area contributed by atoms with Crippen LogP contribution in [-0.4, -0.2) is 27.0 Å². The number of rotatable bonds is 2. The number of aromatic carboxylic acids is 1. The Morgan fingerprint density at radius 3 is 2.57 bits per heavy atom. The molecule has 14 heavy (non-hydrogen) atoms. The predicted molar refractivity (Wildman–Crippen MR) is 42.9 cm³/mol. The lowest BCUT2D eigenvalue weighted by Gasteiger charge is -2.04. The standard InChI is InChI=1S/C6H4BrF3N2O2/c7-3-1-12(2-6(8,9)10)11-4(3)5(13)14/h1H,2H2,(H,13,14). The molecule has 0 aliphatic heterocycles. The van der Waals surface area contributed by atoms with Gasteiger partial charge in [0, 0.05) is 6.20 Å². The highest BCUT2D eigenvalue weighted by Crippen LogP contribution is 2.20. The second-order valence-electron chi connectivity index (χ2n) is 2.44. The fourth-order valence-electron chi connectivity index (χ4n) is 0.807. The first-order valence-electron chi connectivity index (χ1n) is 3.32. The zero-order valence-electron chi connectivity index (χ0n) is 6.55. The van der Waals surface area contributed by atoms with E-state index in [0.29, 0.717) is 4.68 Å². The molecule has 0 aliphatic rings. The summed E-state index contributed by atoms with van der Waals surface area (Å²) in [6, 6.07) is 0. The van der Waals surface area contributed by atoms with Crippen molar-refractivity contribution in [2.45, 2.75) is 12.7 Å². The Kier molecular flexibility index (Phi) is 2.84. The number of carboxylic acids is 1. The second-order valence-corrected chi connectivity index (χ2v) is 3.30. The van der Waals surface area contributed by atoms with Gasteiger partial charge in [-0.05, 0) is 15.9 Å². The van der Waals surface area contributed by atoms with Crippen LogP contribution < -0.4 is 0 Å². The molecule has 1 rings (SSSR count). The maximum Gasteiger partial charge on any atom is 0.408 e. The summed E-state index contributed by atoms with van der Waals surface area (Å²) in [6.07, 6.45) is -3.45. The molecule has 0 bridgehead atoms. The number of halogens is 4. The fraction of sp³-hybridized carbons (Fsp3) is 0.333. The van der Waals surface area contributed by atoms with E-state index in [9.17, 15) is 18.0 Å². The van der Waals surface area contributed by atoms with Gasteiger partial charge in [0.2, 0.25) is 0 Å². The van der Waals surface area contributed by atoms with Crippen LogP contribution in [0, 0.1) is 0 Å². The second kappa shape index (κ2) is 3.60. The summed E-state index contributed by atoms with van der Waals surface area (Å²) >= 11 is 2.79. The van der Waals surface area contributed by atoms with E-state index in [1.54, 1.807) is 0 Å². The predicted octanol–water partition coefficient (Wildman–Crippen LogP) is 1.91. The number of carbonyl (C=O) groups is 1. The van der Waals surface area contributed by atoms with E-state index in [1.807, 2.05) is 0 Å². The first-order chi connectivity index (χ1) is 6.29. The molecule has 1 aromatic rings. The average molecular weight is 273 g/mol. The molecule has 0 amide bonds. The molecule has 0 aromatic carbocycles. The minimum Gasteiger partial charge on any atom is -0.476 e. The normalized spacial score (nSPS) is 11.7. The van der Waals surface area contributed by atoms with Crippen molar-refractivity contribution < 1.29 is 23.1 Å². The molecular weight excluding hydrogens is 269 g/mol. The lowest BCUT2D eigenvalue weighted by Crippen LogP contribution is -2.18. The fourth-order valence-corrected chi connectivity index (χ4v) is 1.29. The van der Waals surface area contributed by atoms with Gasteiger partial charge in [0.15, 0.2) is 5.69 Å². The summed E-state index contributed by atoms with van der Waals surface area (Å²) in [7, 11) is 0. The van der Waals surface area contributed by atoms with Gasteiger partial charge in [-0.25, -0.2) is 4.79 Å². The van der Waals surface area contributed by atoms with Gasteiger partial charge in [-0.15, -0.1) is 0 Å². The number of hydrogen-bond donors (Lipinski definition) is 1. The van der Waals surface area contributed by atoms with Crippen molar-refractivity contribution in [3.05, 3.63) is 16.4 Å². The van der Waals surface area contributed by atoms with Crippen molar-refractivity contribution in [3.63, 3.8) is 0 Å². The highest BCUT2D eigenvalue weighted by atomic mass is 79.9. The summed E-state index contributed by atoms with van der Waals surface area (Å²) in [6.45, 7) is -1.31. The van der Waals surface area contributed by atoms with Gasteiger partial charge in [-0.3, -0.25) is 4.68 Å². The monoisotopic (exact) mass is 272 g/mol. The van der Waals surface area contributed by atoms with Crippen molar-refractivity contribution in [2.24, 2.45) is 0 Å². The van der Waals surface area contributed by atoms with Gasteiger partial charge in [0.1, 0.15) is 6.54 Å². The number of alkyl halides is 3. The molecule has 0 aliphatic carbocycles. The van der Waals surface area contributed by atoms with Crippen molar-refractivity contribution in [1.82, 2.24) is 9.78 Å². The molecule has 0 radical (unpaired) electrons. The maximum atomic E-state index is 11.9. The highest BCUT2D eigenvalue weighted by Gasteiger charge is 2.29. The number of carboxylic acid groups (broad SMARTS) is 1. The summed E-state index contributed by atoms with van der Waals surface area (Å²) < 4.78 is 36.1. The van der Waals surface area contributed by atoms with E-state index in [2.05, 4.69) is 21.0 Å². The molecule has 78 valence electrons. The summed E-state index contributed by atoms with van der Waals surface area (Å²) in [5.74, 6) is -1.38. The number of nitrogens with zero attached hydrogens (tertiary/aromatic N) is 2. The Morgan fingerprint density at radius 2 is 2.21 bits per heavy atom. The molecule has 4 nitrogen and oxygen atoms in total. The van der Waals surface area contributed by atoms with E-state index >= 15 is 0 Å². The SMILES string of the molecule is O=C(O)c1nn(CC(F)(F)F)cc1Br. The Balaban J connectivity index is 2.92. The van der Waals surface area contributed by atoms with Crippen molar-refractivity contribution in [2.75, 3.05) is 0 Å². The molecule has 1 N–H and O–H groups in total. The van der Waals surface area contributed by atoms with Gasteiger partial charge in [0.25, 0.3) is 0 Å². The first kappa shape index (κ1) is 11.0. The highest BCUT2D eigenvalue weighted by molar-refractivity contribution is 9.10. The quantitative estimate of drug-likeness (QED) is 0.895. The van der Waals surface area contributed by atoms with Crippen LogP contribution in [0.2, 0.25) is 0 Å². The van der Waals surface area contributed by atoms with Crippen LogP contribution in [0.1, 0.15) is 10.5 Å². The zero-order chi connectivity index (χ0) is 10.9. The zero-order valence-corrected chi connectivity index (χ0v) is 8.13. The van der Waals surface area contributed by atoms with Crippen LogP contribution in [-0.2, 0) is 6.54 Å². The van der Waals surface area contributed by atoms with Crippen LogP contribution >= 0.6 is 15.9 Å². The molecule has 0 spiro atoms. The molecule has 0 unspecified atom stereocenters. The third-order valence-corrected chi connectivity index (χ3v) is 1.84. The summed E-state index contributed by atoms with van der Waals surface area (Å²) in [5.41, 5.74) is -0.436. The van der Waals surface area contributed by atoms with Crippen LogP contribution in [0.15, 0.2) is 10.7 Å². The van der Waals surface area contributed by atoms with Crippen LogP contribution in [0.3, 0.4) is 0 Å². The molecule has 0 atom stereocenters. The Bertz CT molecular complexity index is 360. The van der Waals surface area contributed by atoms with E-state index in [1.165, 1.54) is 0 Å². The third-order valence-electron chi connectivity index (χ3n) is 1.26. The lowest BCUT2D eigenvalue weighted by atomic mass is 10.4. The molecule has 1 aromatic heterocycles. The van der Waals surface area contributed by atoms with Crippen LogP contribution in [0.5, 0.6) is 0 Å². The van der Waals surface area contributed by atoms with Gasteiger partial charge in [-0.1, -0.05) is 0 Å². The minimum atomic E-state index is -4.42. The van der Waals surface area contributed by atoms with E-state index < -0.39 is 24.4 Å². The van der Waals surface area contributed by atoms with Gasteiger partial charge in [0.05, 0.1) is 4.47 Å². The van der Waals surface area contributed by atoms with Crippen LogP contribution in [0.25, 0.3) is 0 Å². The Morgan fingerprint density at radius 1 is 1.64 bits per heavy atom. The molecule has 1 heterocycles. The van der Waals surface area contributed by atoms with Crippen molar-refractivity contribution in [1.29, 1.82) is 0 Å². The minimum absolute atomic E-state index is 0.0225.